The summed E-state index contributed by atoms with van der Waals surface area (Å²) >= 11 is 7.71. The van der Waals surface area contributed by atoms with Crippen molar-refractivity contribution in [1.29, 1.82) is 0 Å². The molecule has 0 fully saturated rings. The van der Waals surface area contributed by atoms with Gasteiger partial charge in [-0.15, -0.1) is 35.3 Å². The van der Waals surface area contributed by atoms with Crippen LogP contribution in [-0.2, 0) is 0 Å². The highest BCUT2D eigenvalue weighted by Crippen LogP contribution is 2.29. The maximum atomic E-state index is 10.5. The van der Waals surface area contributed by atoms with E-state index in [1.807, 2.05) is 49.4 Å². The minimum Gasteiger partial charge on any atom is -0.387 e. The van der Waals surface area contributed by atoms with E-state index in [0.717, 1.165) is 15.0 Å². The predicted molar refractivity (Wildman–Crippen MR) is 133 cm³/mol. The molecule has 0 aliphatic carbocycles. The van der Waals surface area contributed by atoms with E-state index in [1.165, 1.54) is 0 Å². The molecule has 1 heterocycles. The second-order valence-electron chi connectivity index (χ2n) is 6.34. The molecule has 0 saturated carbocycles. The number of hydrogen-bond acceptors (Lipinski definition) is 4. The van der Waals surface area contributed by atoms with Gasteiger partial charge in [0.15, 0.2) is 5.96 Å². The van der Waals surface area contributed by atoms with Crippen molar-refractivity contribution >= 4 is 63.0 Å². The molecule has 156 valence electrons. The van der Waals surface area contributed by atoms with Crippen LogP contribution in [0.15, 0.2) is 59.6 Å². The summed E-state index contributed by atoms with van der Waals surface area (Å²) in [7, 11) is 0. The number of fused-ring (bicyclic) bond motifs is 1. The van der Waals surface area contributed by atoms with Crippen molar-refractivity contribution in [1.82, 2.24) is 10.6 Å². The zero-order valence-electron chi connectivity index (χ0n) is 16.0. The van der Waals surface area contributed by atoms with Gasteiger partial charge in [-0.2, -0.15) is 0 Å². The van der Waals surface area contributed by atoms with E-state index in [1.54, 1.807) is 23.5 Å². The van der Waals surface area contributed by atoms with E-state index >= 15 is 0 Å². The lowest BCUT2D eigenvalue weighted by molar-refractivity contribution is 0.180. The van der Waals surface area contributed by atoms with Gasteiger partial charge in [0.1, 0.15) is 6.10 Å². The van der Waals surface area contributed by atoms with Crippen molar-refractivity contribution in [2.75, 3.05) is 19.6 Å². The molecule has 0 saturated heterocycles. The number of aliphatic imine (C=N–C) groups is 1. The van der Waals surface area contributed by atoms with Crippen LogP contribution in [0, 0.1) is 0 Å². The highest BCUT2D eigenvalue weighted by atomic mass is 127. The van der Waals surface area contributed by atoms with Crippen LogP contribution < -0.4 is 10.6 Å². The number of hydrogen-bond donors (Lipinski definition) is 4. The van der Waals surface area contributed by atoms with Crippen molar-refractivity contribution in [2.45, 2.75) is 19.1 Å². The molecule has 0 amide bonds. The lowest BCUT2D eigenvalue weighted by atomic mass is 10.1. The van der Waals surface area contributed by atoms with Gasteiger partial charge in [-0.3, -0.25) is 4.99 Å². The van der Waals surface area contributed by atoms with Gasteiger partial charge < -0.3 is 20.8 Å². The Hall–Kier alpha value is -1.39. The summed E-state index contributed by atoms with van der Waals surface area (Å²) in [6, 6.07) is 17.3. The first-order valence-electron chi connectivity index (χ1n) is 9.19. The van der Waals surface area contributed by atoms with Crippen LogP contribution in [0.3, 0.4) is 0 Å². The smallest absolute Gasteiger partial charge is 0.191 e. The van der Waals surface area contributed by atoms with Crippen molar-refractivity contribution in [3.8, 4) is 0 Å². The van der Waals surface area contributed by atoms with Gasteiger partial charge in [0.25, 0.3) is 0 Å². The first kappa shape index (κ1) is 23.9. The van der Waals surface area contributed by atoms with Crippen LogP contribution in [0.4, 0.5) is 0 Å². The molecule has 0 aliphatic heterocycles. The number of aliphatic hydroxyl groups is 2. The van der Waals surface area contributed by atoms with Crippen LogP contribution in [0.25, 0.3) is 10.1 Å². The summed E-state index contributed by atoms with van der Waals surface area (Å²) in [6.45, 7) is 3.12. The molecule has 5 nitrogen and oxygen atoms in total. The van der Waals surface area contributed by atoms with E-state index in [4.69, 9.17) is 11.6 Å². The van der Waals surface area contributed by atoms with Gasteiger partial charge in [0.05, 0.1) is 12.6 Å². The first-order chi connectivity index (χ1) is 13.6. The maximum Gasteiger partial charge on any atom is 0.191 e. The summed E-state index contributed by atoms with van der Waals surface area (Å²) in [4.78, 5) is 5.34. The molecule has 3 aromatic rings. The lowest BCUT2D eigenvalue weighted by Gasteiger charge is -2.17. The number of thiophene rings is 1. The van der Waals surface area contributed by atoms with Gasteiger partial charge in [0.2, 0.25) is 0 Å². The Balaban J connectivity index is 0.00000300. The topological polar surface area (TPSA) is 76.9 Å². The Labute approximate surface area is 196 Å². The van der Waals surface area contributed by atoms with Crippen molar-refractivity contribution < 1.29 is 10.2 Å². The Bertz CT molecular complexity index is 917. The second-order valence-corrected chi connectivity index (χ2v) is 7.86. The van der Waals surface area contributed by atoms with Crippen LogP contribution in [0.1, 0.15) is 29.6 Å². The fraction of sp³-hybridized carbons (Fsp3) is 0.286. The van der Waals surface area contributed by atoms with Crippen LogP contribution >= 0.6 is 46.9 Å². The number of guanidine groups is 1. The maximum absolute atomic E-state index is 10.5. The summed E-state index contributed by atoms with van der Waals surface area (Å²) < 4.78 is 1.15. The largest absolute Gasteiger partial charge is 0.387 e. The highest BCUT2D eigenvalue weighted by molar-refractivity contribution is 14.0. The normalized spacial score (nSPS) is 13.6. The minimum atomic E-state index is -0.759. The third-order valence-corrected chi connectivity index (χ3v) is 5.83. The molecule has 3 rings (SSSR count). The molecule has 2 atom stereocenters. The van der Waals surface area contributed by atoms with E-state index in [-0.39, 0.29) is 37.1 Å². The van der Waals surface area contributed by atoms with Gasteiger partial charge in [-0.1, -0.05) is 48.0 Å². The van der Waals surface area contributed by atoms with Crippen molar-refractivity contribution in [3.05, 3.63) is 70.1 Å². The fourth-order valence-corrected chi connectivity index (χ4v) is 4.13. The van der Waals surface area contributed by atoms with E-state index in [2.05, 4.69) is 15.6 Å². The summed E-state index contributed by atoms with van der Waals surface area (Å²) in [6.07, 6.45) is -1.44. The highest BCUT2D eigenvalue weighted by Gasteiger charge is 2.13. The number of benzene rings is 2. The van der Waals surface area contributed by atoms with Gasteiger partial charge in [0, 0.05) is 33.3 Å². The summed E-state index contributed by atoms with van der Waals surface area (Å²) in [5, 5.41) is 28.8. The third kappa shape index (κ3) is 6.55. The lowest BCUT2D eigenvalue weighted by Crippen LogP contribution is -2.39. The third-order valence-electron chi connectivity index (χ3n) is 4.27. The van der Waals surface area contributed by atoms with E-state index in [0.29, 0.717) is 23.1 Å². The number of nitrogens with zero attached hydrogens (tertiary/aromatic N) is 1. The molecule has 0 aliphatic rings. The molecule has 4 N–H and O–H groups in total. The Kier molecular flexibility index (Phi) is 9.64. The number of rotatable bonds is 7. The minimum absolute atomic E-state index is 0. The molecule has 8 heteroatoms. The van der Waals surface area contributed by atoms with Gasteiger partial charge in [-0.25, -0.2) is 0 Å². The SMILES string of the molecule is CCNC(=NCC(O)c1cc2ccccc2s1)NCC(O)c1ccccc1Cl.I. The van der Waals surface area contributed by atoms with E-state index < -0.39 is 12.2 Å². The number of halogens is 2. The molecular weight excluding hydrogens is 521 g/mol. The average Bonchev–Trinajstić information content (AvgIpc) is 3.14. The first-order valence-corrected chi connectivity index (χ1v) is 10.4. The zero-order valence-corrected chi connectivity index (χ0v) is 19.9. The van der Waals surface area contributed by atoms with Gasteiger partial charge >= 0.3 is 0 Å². The monoisotopic (exact) mass is 545 g/mol. The molecule has 0 bridgehead atoms. The Morgan fingerprint density at radius 3 is 2.52 bits per heavy atom. The molecule has 29 heavy (non-hydrogen) atoms. The van der Waals surface area contributed by atoms with E-state index in [9.17, 15) is 10.2 Å². The van der Waals surface area contributed by atoms with Crippen molar-refractivity contribution in [3.63, 3.8) is 0 Å². The Morgan fingerprint density at radius 2 is 1.79 bits per heavy atom. The summed E-state index contributed by atoms with van der Waals surface area (Å²) in [5.74, 6) is 0.536. The molecule has 2 aromatic carbocycles. The standard InChI is InChI=1S/C21H24ClN3O2S.HI/c1-2-23-21(24-12-17(26)15-8-4-5-9-16(15)22)25-13-18(27)20-11-14-7-3-6-10-19(14)28-20;/h3-11,17-18,26-27H,2,12-13H2,1H3,(H2,23,24,25);1H. The molecule has 1 aromatic heterocycles. The fourth-order valence-electron chi connectivity index (χ4n) is 2.82. The number of nitrogens with one attached hydrogen (secondary N) is 2. The van der Waals surface area contributed by atoms with Crippen LogP contribution in [0.2, 0.25) is 5.02 Å². The second kappa shape index (κ2) is 11.7. The quantitative estimate of drug-likeness (QED) is 0.200. The van der Waals surface area contributed by atoms with Crippen molar-refractivity contribution in [2.24, 2.45) is 4.99 Å². The Morgan fingerprint density at radius 1 is 1.07 bits per heavy atom. The van der Waals surface area contributed by atoms with Crippen LogP contribution in [0.5, 0.6) is 0 Å². The number of aliphatic hydroxyl groups excluding tert-OH is 2. The zero-order chi connectivity index (χ0) is 19.9. The summed E-state index contributed by atoms with van der Waals surface area (Å²) in [5.41, 5.74) is 0.665. The average molecular weight is 546 g/mol. The van der Waals surface area contributed by atoms with Gasteiger partial charge in [-0.05, 0) is 30.5 Å². The van der Waals surface area contributed by atoms with Crippen LogP contribution in [-0.4, -0.2) is 35.8 Å². The molecule has 0 spiro atoms. The molecule has 0 radical (unpaired) electrons. The molecule has 2 unspecified atom stereocenters. The molecular formula is C21H25ClIN3O2S. The predicted octanol–water partition coefficient (Wildman–Crippen LogP) is 4.49.